The Hall–Kier alpha value is -0.870. The normalized spacial score (nSPS) is 16.9. The van der Waals surface area contributed by atoms with Crippen LogP contribution >= 0.6 is 0 Å². The Bertz CT molecular complexity index is 277. The Morgan fingerprint density at radius 3 is 3.00 bits per heavy atom. The van der Waals surface area contributed by atoms with E-state index in [0.717, 1.165) is 26.1 Å². The molecule has 2 heterocycles. The van der Waals surface area contributed by atoms with Crippen LogP contribution in [0.15, 0.2) is 6.20 Å². The van der Waals surface area contributed by atoms with E-state index in [1.54, 1.807) is 0 Å². The van der Waals surface area contributed by atoms with Gasteiger partial charge in [0.2, 0.25) is 0 Å². The molecule has 1 aliphatic rings. The van der Waals surface area contributed by atoms with Crippen molar-refractivity contribution < 1.29 is 0 Å². The number of aromatic amines is 1. The molecule has 1 aromatic rings. The lowest BCUT2D eigenvalue weighted by atomic mass is 10.1. The summed E-state index contributed by atoms with van der Waals surface area (Å²) in [7, 11) is 0. The minimum absolute atomic E-state index is 0.709. The second-order valence-electron chi connectivity index (χ2n) is 3.93. The van der Waals surface area contributed by atoms with E-state index in [9.17, 15) is 0 Å². The van der Waals surface area contributed by atoms with Gasteiger partial charge < -0.3 is 10.6 Å². The van der Waals surface area contributed by atoms with Gasteiger partial charge in [-0.25, -0.2) is 0 Å². The molecular formula is C10H18N4. The monoisotopic (exact) mass is 194 g/mol. The van der Waals surface area contributed by atoms with Gasteiger partial charge in [-0.15, -0.1) is 0 Å². The van der Waals surface area contributed by atoms with Crippen LogP contribution in [0, 0.1) is 6.92 Å². The molecule has 0 atom stereocenters. The lowest BCUT2D eigenvalue weighted by Crippen LogP contribution is -2.55. The van der Waals surface area contributed by atoms with Crippen molar-refractivity contribution >= 4 is 0 Å². The number of aryl methyl sites for hydroxylation is 2. The molecule has 0 aliphatic carbocycles. The number of nitrogens with zero attached hydrogens (tertiary/aromatic N) is 1. The van der Waals surface area contributed by atoms with E-state index in [1.807, 2.05) is 6.20 Å². The number of rotatable bonds is 5. The molecule has 14 heavy (non-hydrogen) atoms. The van der Waals surface area contributed by atoms with Gasteiger partial charge in [-0.3, -0.25) is 5.10 Å². The Morgan fingerprint density at radius 1 is 1.57 bits per heavy atom. The maximum Gasteiger partial charge on any atom is 0.0522 e. The highest BCUT2D eigenvalue weighted by Gasteiger charge is 2.14. The van der Waals surface area contributed by atoms with Crippen molar-refractivity contribution in [3.05, 3.63) is 17.5 Å². The van der Waals surface area contributed by atoms with Crippen LogP contribution in [0.2, 0.25) is 0 Å². The van der Waals surface area contributed by atoms with Crippen molar-refractivity contribution in [2.75, 3.05) is 19.6 Å². The molecule has 0 radical (unpaired) electrons. The van der Waals surface area contributed by atoms with E-state index in [0.29, 0.717) is 6.04 Å². The topological polar surface area (TPSA) is 52.7 Å². The number of H-pyrrole nitrogens is 1. The number of aromatic nitrogens is 2. The van der Waals surface area contributed by atoms with Crippen molar-refractivity contribution in [3.63, 3.8) is 0 Å². The smallest absolute Gasteiger partial charge is 0.0522 e. The summed E-state index contributed by atoms with van der Waals surface area (Å²) in [5, 5.41) is 13.7. The lowest BCUT2D eigenvalue weighted by molar-refractivity contribution is 0.365. The molecule has 0 spiro atoms. The van der Waals surface area contributed by atoms with Crippen LogP contribution in [-0.2, 0) is 6.42 Å². The maximum absolute atomic E-state index is 4.01. The van der Waals surface area contributed by atoms with E-state index in [2.05, 4.69) is 27.8 Å². The second kappa shape index (κ2) is 4.57. The molecule has 0 saturated carbocycles. The minimum atomic E-state index is 0.709. The van der Waals surface area contributed by atoms with Gasteiger partial charge in [-0.1, -0.05) is 0 Å². The molecule has 78 valence electrons. The van der Waals surface area contributed by atoms with Gasteiger partial charge in [0, 0.05) is 24.8 Å². The summed E-state index contributed by atoms with van der Waals surface area (Å²) in [6.07, 6.45) is 4.24. The van der Waals surface area contributed by atoms with Gasteiger partial charge in [0.25, 0.3) is 0 Å². The largest absolute Gasteiger partial charge is 0.314 e. The summed E-state index contributed by atoms with van der Waals surface area (Å²) < 4.78 is 0. The van der Waals surface area contributed by atoms with Gasteiger partial charge in [0.1, 0.15) is 0 Å². The van der Waals surface area contributed by atoms with Gasteiger partial charge in [-0.2, -0.15) is 5.10 Å². The molecule has 3 N–H and O–H groups in total. The zero-order valence-electron chi connectivity index (χ0n) is 8.64. The van der Waals surface area contributed by atoms with Crippen LogP contribution in [0.25, 0.3) is 0 Å². The Morgan fingerprint density at radius 2 is 2.43 bits per heavy atom. The van der Waals surface area contributed by atoms with Crippen molar-refractivity contribution in [1.82, 2.24) is 20.8 Å². The minimum Gasteiger partial charge on any atom is -0.314 e. The fourth-order valence-electron chi connectivity index (χ4n) is 1.65. The SMILES string of the molecule is Cc1[nH]ncc1CCCNC1CNC1. The average Bonchev–Trinajstić information content (AvgIpc) is 2.48. The number of nitrogens with one attached hydrogen (secondary N) is 3. The van der Waals surface area contributed by atoms with Crippen LogP contribution in [0.5, 0.6) is 0 Å². The number of hydrogen-bond acceptors (Lipinski definition) is 3. The van der Waals surface area contributed by atoms with E-state index in [-0.39, 0.29) is 0 Å². The molecule has 1 aliphatic heterocycles. The molecule has 1 fully saturated rings. The van der Waals surface area contributed by atoms with E-state index < -0.39 is 0 Å². The van der Waals surface area contributed by atoms with Crippen LogP contribution in [0.4, 0.5) is 0 Å². The molecule has 4 nitrogen and oxygen atoms in total. The number of hydrogen-bond donors (Lipinski definition) is 3. The highest BCUT2D eigenvalue weighted by atomic mass is 15.1. The predicted molar refractivity (Wildman–Crippen MR) is 56.3 cm³/mol. The van der Waals surface area contributed by atoms with E-state index >= 15 is 0 Å². The highest BCUT2D eigenvalue weighted by molar-refractivity contribution is 5.14. The summed E-state index contributed by atoms with van der Waals surface area (Å²) in [5.41, 5.74) is 2.55. The van der Waals surface area contributed by atoms with Gasteiger partial charge in [0.05, 0.1) is 6.20 Å². The molecule has 0 bridgehead atoms. The van der Waals surface area contributed by atoms with Crippen molar-refractivity contribution in [2.45, 2.75) is 25.8 Å². The summed E-state index contributed by atoms with van der Waals surface area (Å²) in [6, 6.07) is 0.709. The van der Waals surface area contributed by atoms with Gasteiger partial charge in [0.15, 0.2) is 0 Å². The molecule has 0 aromatic carbocycles. The third kappa shape index (κ3) is 2.33. The molecular weight excluding hydrogens is 176 g/mol. The lowest BCUT2D eigenvalue weighted by Gasteiger charge is -2.28. The maximum atomic E-state index is 4.01. The first kappa shape index (κ1) is 9.68. The van der Waals surface area contributed by atoms with Crippen molar-refractivity contribution in [1.29, 1.82) is 0 Å². The zero-order chi connectivity index (χ0) is 9.80. The first-order chi connectivity index (χ1) is 6.86. The zero-order valence-corrected chi connectivity index (χ0v) is 8.64. The van der Waals surface area contributed by atoms with Crippen LogP contribution in [0.3, 0.4) is 0 Å². The van der Waals surface area contributed by atoms with E-state index in [4.69, 9.17) is 0 Å². The fourth-order valence-corrected chi connectivity index (χ4v) is 1.65. The standard InChI is InChI=1S/C10H18N4/c1-8-9(5-13-14-8)3-2-4-12-10-6-11-7-10/h5,10-12H,2-4,6-7H2,1H3,(H,13,14). The van der Waals surface area contributed by atoms with Crippen LogP contribution < -0.4 is 10.6 Å². The predicted octanol–water partition coefficient (Wildman–Crippen LogP) is 0.212. The third-order valence-corrected chi connectivity index (χ3v) is 2.77. The molecule has 4 heteroatoms. The summed E-state index contributed by atoms with van der Waals surface area (Å²) in [5.74, 6) is 0. The Balaban J connectivity index is 1.60. The molecule has 0 unspecified atom stereocenters. The molecule has 2 rings (SSSR count). The summed E-state index contributed by atoms with van der Waals surface area (Å²) in [6.45, 7) is 5.44. The van der Waals surface area contributed by atoms with E-state index in [1.165, 1.54) is 17.7 Å². The fraction of sp³-hybridized carbons (Fsp3) is 0.700. The third-order valence-electron chi connectivity index (χ3n) is 2.77. The molecule has 1 saturated heterocycles. The van der Waals surface area contributed by atoms with Crippen LogP contribution in [-0.4, -0.2) is 35.9 Å². The van der Waals surface area contributed by atoms with Crippen molar-refractivity contribution in [2.24, 2.45) is 0 Å². The Labute approximate surface area is 84.5 Å². The van der Waals surface area contributed by atoms with Crippen molar-refractivity contribution in [3.8, 4) is 0 Å². The van der Waals surface area contributed by atoms with Gasteiger partial charge in [-0.05, 0) is 31.9 Å². The first-order valence-corrected chi connectivity index (χ1v) is 5.29. The quantitative estimate of drug-likeness (QED) is 0.587. The first-order valence-electron chi connectivity index (χ1n) is 5.29. The highest BCUT2D eigenvalue weighted by Crippen LogP contribution is 2.05. The van der Waals surface area contributed by atoms with Gasteiger partial charge >= 0.3 is 0 Å². The average molecular weight is 194 g/mol. The summed E-state index contributed by atoms with van der Waals surface area (Å²) in [4.78, 5) is 0. The second-order valence-corrected chi connectivity index (χ2v) is 3.93. The van der Waals surface area contributed by atoms with Crippen LogP contribution in [0.1, 0.15) is 17.7 Å². The Kier molecular flexibility index (Phi) is 3.16. The summed E-state index contributed by atoms with van der Waals surface area (Å²) >= 11 is 0. The molecule has 0 amide bonds. The molecule has 1 aromatic heterocycles.